The van der Waals surface area contributed by atoms with E-state index < -0.39 is 0 Å². The molecule has 86 valence electrons. The van der Waals surface area contributed by atoms with Crippen molar-refractivity contribution < 1.29 is 4.79 Å². The first kappa shape index (κ1) is 11.5. The molecule has 1 heterocycles. The third kappa shape index (κ3) is 2.59. The lowest BCUT2D eigenvalue weighted by Crippen LogP contribution is -2.44. The maximum absolute atomic E-state index is 12.2. The summed E-state index contributed by atoms with van der Waals surface area (Å²) in [5.41, 5.74) is 0.800. The Morgan fingerprint density at radius 3 is 2.31 bits per heavy atom. The maximum atomic E-state index is 12.2. The van der Waals surface area contributed by atoms with Crippen molar-refractivity contribution in [1.29, 1.82) is 0 Å². The van der Waals surface area contributed by atoms with E-state index >= 15 is 0 Å². The Labute approximate surface area is 101 Å². The van der Waals surface area contributed by atoms with Crippen LogP contribution in [0.5, 0.6) is 0 Å². The van der Waals surface area contributed by atoms with E-state index in [1.807, 2.05) is 47.0 Å². The summed E-state index contributed by atoms with van der Waals surface area (Å²) in [6, 6.07) is 9.55. The molecule has 0 radical (unpaired) electrons. The lowest BCUT2D eigenvalue weighted by Gasteiger charge is -2.34. The van der Waals surface area contributed by atoms with Gasteiger partial charge in [0, 0.05) is 29.2 Å². The third-order valence-corrected chi connectivity index (χ3v) is 3.95. The van der Waals surface area contributed by atoms with E-state index in [2.05, 4.69) is 13.8 Å². The molecule has 1 amide bonds. The van der Waals surface area contributed by atoms with Gasteiger partial charge in [0.15, 0.2) is 0 Å². The van der Waals surface area contributed by atoms with Crippen LogP contribution < -0.4 is 0 Å². The maximum Gasteiger partial charge on any atom is 0.253 e. The van der Waals surface area contributed by atoms with Gasteiger partial charge in [0.2, 0.25) is 0 Å². The summed E-state index contributed by atoms with van der Waals surface area (Å²) < 4.78 is 0. The highest BCUT2D eigenvalue weighted by molar-refractivity contribution is 8.00. The normalized spacial score (nSPS) is 25.5. The first-order chi connectivity index (χ1) is 7.66. The summed E-state index contributed by atoms with van der Waals surface area (Å²) in [6.07, 6.45) is 0. The first-order valence-electron chi connectivity index (χ1n) is 5.66. The molecule has 2 atom stereocenters. The van der Waals surface area contributed by atoms with E-state index in [4.69, 9.17) is 0 Å². The molecule has 1 aromatic rings. The lowest BCUT2D eigenvalue weighted by atomic mass is 10.2. The predicted molar refractivity (Wildman–Crippen MR) is 68.9 cm³/mol. The van der Waals surface area contributed by atoms with Gasteiger partial charge < -0.3 is 4.90 Å². The van der Waals surface area contributed by atoms with Crippen LogP contribution in [0, 0.1) is 0 Å². The number of rotatable bonds is 1. The molecule has 0 aliphatic carbocycles. The van der Waals surface area contributed by atoms with Crippen LogP contribution in [0.4, 0.5) is 0 Å². The van der Waals surface area contributed by atoms with Crippen molar-refractivity contribution in [2.24, 2.45) is 0 Å². The van der Waals surface area contributed by atoms with Crippen LogP contribution in [0.3, 0.4) is 0 Å². The molecule has 1 aliphatic rings. The van der Waals surface area contributed by atoms with E-state index in [0.717, 1.165) is 18.7 Å². The van der Waals surface area contributed by atoms with Gasteiger partial charge in [-0.05, 0) is 12.1 Å². The second-order valence-corrected chi connectivity index (χ2v) is 6.22. The van der Waals surface area contributed by atoms with Crippen LogP contribution >= 0.6 is 11.8 Å². The number of amides is 1. The summed E-state index contributed by atoms with van der Waals surface area (Å²) in [7, 11) is 0. The number of carbonyl (C=O) groups excluding carboxylic acids is 1. The molecule has 1 fully saturated rings. The van der Waals surface area contributed by atoms with Gasteiger partial charge in [-0.3, -0.25) is 4.79 Å². The van der Waals surface area contributed by atoms with Crippen LogP contribution in [0.25, 0.3) is 0 Å². The molecule has 3 heteroatoms. The second kappa shape index (κ2) is 4.91. The molecule has 1 saturated heterocycles. The smallest absolute Gasteiger partial charge is 0.253 e. The van der Waals surface area contributed by atoms with Crippen LogP contribution in [0.2, 0.25) is 0 Å². The Kier molecular flexibility index (Phi) is 3.54. The largest absolute Gasteiger partial charge is 0.336 e. The number of hydrogen-bond acceptors (Lipinski definition) is 2. The van der Waals surface area contributed by atoms with E-state index in [1.165, 1.54) is 0 Å². The first-order valence-corrected chi connectivity index (χ1v) is 6.61. The third-order valence-electron chi connectivity index (χ3n) is 2.73. The van der Waals surface area contributed by atoms with Gasteiger partial charge >= 0.3 is 0 Å². The zero-order valence-corrected chi connectivity index (χ0v) is 10.5. The highest BCUT2D eigenvalue weighted by atomic mass is 32.2. The summed E-state index contributed by atoms with van der Waals surface area (Å²) in [6.45, 7) is 6.10. The Morgan fingerprint density at radius 2 is 1.75 bits per heavy atom. The topological polar surface area (TPSA) is 20.3 Å². The monoisotopic (exact) mass is 235 g/mol. The van der Waals surface area contributed by atoms with Crippen molar-refractivity contribution in [2.45, 2.75) is 24.3 Å². The minimum Gasteiger partial charge on any atom is -0.336 e. The average Bonchev–Trinajstić information content (AvgIpc) is 2.28. The van der Waals surface area contributed by atoms with Gasteiger partial charge in [0.1, 0.15) is 0 Å². The van der Waals surface area contributed by atoms with Gasteiger partial charge in [-0.25, -0.2) is 0 Å². The van der Waals surface area contributed by atoms with Gasteiger partial charge in [0.25, 0.3) is 5.91 Å². The Hall–Kier alpha value is -0.960. The summed E-state index contributed by atoms with van der Waals surface area (Å²) in [4.78, 5) is 14.2. The van der Waals surface area contributed by atoms with Gasteiger partial charge in [-0.2, -0.15) is 11.8 Å². The second-order valence-electron chi connectivity index (χ2n) is 4.33. The zero-order valence-electron chi connectivity index (χ0n) is 9.72. The summed E-state index contributed by atoms with van der Waals surface area (Å²) in [5, 5.41) is 1.08. The summed E-state index contributed by atoms with van der Waals surface area (Å²) in [5.74, 6) is 0.166. The van der Waals surface area contributed by atoms with Crippen LogP contribution in [-0.4, -0.2) is 34.4 Å². The van der Waals surface area contributed by atoms with Crippen molar-refractivity contribution in [3.63, 3.8) is 0 Å². The average molecular weight is 235 g/mol. The van der Waals surface area contributed by atoms with Crippen LogP contribution in [-0.2, 0) is 0 Å². The van der Waals surface area contributed by atoms with Crippen molar-refractivity contribution in [1.82, 2.24) is 4.90 Å². The number of benzene rings is 1. The molecule has 16 heavy (non-hydrogen) atoms. The highest BCUT2D eigenvalue weighted by Gasteiger charge is 2.26. The molecule has 1 aromatic carbocycles. The van der Waals surface area contributed by atoms with Crippen LogP contribution in [0.15, 0.2) is 30.3 Å². The molecule has 2 nitrogen and oxygen atoms in total. The molecule has 0 N–H and O–H groups in total. The van der Waals surface area contributed by atoms with Gasteiger partial charge in [-0.15, -0.1) is 0 Å². The number of nitrogens with zero attached hydrogens (tertiary/aromatic N) is 1. The Balaban J connectivity index is 2.10. The van der Waals surface area contributed by atoms with Crippen molar-refractivity contribution >= 4 is 17.7 Å². The molecule has 0 saturated carbocycles. The quantitative estimate of drug-likeness (QED) is 0.746. The minimum atomic E-state index is 0.166. The fourth-order valence-electron chi connectivity index (χ4n) is 2.11. The molecule has 2 rings (SSSR count). The van der Waals surface area contributed by atoms with E-state index in [9.17, 15) is 4.79 Å². The molecule has 1 aliphatic heterocycles. The number of thioether (sulfide) groups is 1. The van der Waals surface area contributed by atoms with Crippen molar-refractivity contribution in [3.05, 3.63) is 35.9 Å². The van der Waals surface area contributed by atoms with Crippen molar-refractivity contribution in [2.75, 3.05) is 13.1 Å². The Bertz CT molecular complexity index is 355. The van der Waals surface area contributed by atoms with E-state index in [0.29, 0.717) is 10.5 Å². The molecule has 2 unspecified atom stereocenters. The standard InChI is InChI=1S/C13H17NOS/c1-10-8-14(9-11(2)16-10)13(15)12-6-4-3-5-7-12/h3-7,10-11H,8-9H2,1-2H3. The van der Waals surface area contributed by atoms with Crippen molar-refractivity contribution in [3.8, 4) is 0 Å². The molecule has 0 bridgehead atoms. The van der Waals surface area contributed by atoms with E-state index in [-0.39, 0.29) is 5.91 Å². The fourth-order valence-corrected chi connectivity index (χ4v) is 3.43. The number of hydrogen-bond donors (Lipinski definition) is 0. The summed E-state index contributed by atoms with van der Waals surface area (Å²) >= 11 is 1.96. The molecule has 0 spiro atoms. The highest BCUT2D eigenvalue weighted by Crippen LogP contribution is 2.25. The number of carbonyl (C=O) groups is 1. The molecule has 0 aromatic heterocycles. The van der Waals surface area contributed by atoms with E-state index in [1.54, 1.807) is 0 Å². The van der Waals surface area contributed by atoms with Gasteiger partial charge in [0.05, 0.1) is 0 Å². The molecular formula is C13H17NOS. The Morgan fingerprint density at radius 1 is 1.19 bits per heavy atom. The minimum absolute atomic E-state index is 0.166. The SMILES string of the molecule is CC1CN(C(=O)c2ccccc2)CC(C)S1. The lowest BCUT2D eigenvalue weighted by molar-refractivity contribution is 0.0753. The fraction of sp³-hybridized carbons (Fsp3) is 0.462. The molecular weight excluding hydrogens is 218 g/mol. The van der Waals surface area contributed by atoms with Gasteiger partial charge in [-0.1, -0.05) is 32.0 Å². The van der Waals surface area contributed by atoms with Crippen LogP contribution in [0.1, 0.15) is 24.2 Å². The predicted octanol–water partition coefficient (Wildman–Crippen LogP) is 2.65. The zero-order chi connectivity index (χ0) is 11.5.